The van der Waals surface area contributed by atoms with E-state index in [1.54, 1.807) is 0 Å². The number of hydrogen-bond donors (Lipinski definition) is 3. The summed E-state index contributed by atoms with van der Waals surface area (Å²) in [6, 6.07) is 0. The molecule has 10 heteroatoms. The summed E-state index contributed by atoms with van der Waals surface area (Å²) in [5.74, 6) is 0. The molecule has 1 fully saturated rings. The van der Waals surface area contributed by atoms with Gasteiger partial charge in [-0.3, -0.25) is 14.3 Å². The molecule has 0 aliphatic carbocycles. The van der Waals surface area contributed by atoms with Gasteiger partial charge in [0, 0.05) is 23.1 Å². The van der Waals surface area contributed by atoms with Crippen molar-refractivity contribution in [1.29, 1.82) is 0 Å². The molecule has 3 N–H and O–H groups in total. The average Bonchev–Trinajstić information content (AvgIpc) is 2.72. The molecule has 0 spiro atoms. The monoisotopic (exact) mass is 283 g/mol. The van der Waals surface area contributed by atoms with Gasteiger partial charge in [-0.05, 0) is 12.5 Å². The smallest absolute Gasteiger partial charge is 0.330 e. The van der Waals surface area contributed by atoms with Crippen molar-refractivity contribution in [2.24, 2.45) is 5.11 Å². The number of aliphatic hydroxyl groups is 2. The van der Waals surface area contributed by atoms with E-state index in [0.717, 1.165) is 4.57 Å². The van der Waals surface area contributed by atoms with Gasteiger partial charge in [-0.25, -0.2) is 4.79 Å². The summed E-state index contributed by atoms with van der Waals surface area (Å²) in [7, 11) is 0. The molecular weight excluding hydrogens is 270 g/mol. The summed E-state index contributed by atoms with van der Waals surface area (Å²) in [6.07, 6.45) is -1.01. The first-order chi connectivity index (χ1) is 9.43. The summed E-state index contributed by atoms with van der Waals surface area (Å²) in [6.45, 7) is 0.776. The summed E-state index contributed by atoms with van der Waals surface area (Å²) in [4.78, 5) is 27.6. The Labute approximate surface area is 111 Å². The third-order valence-electron chi connectivity index (χ3n) is 3.18. The van der Waals surface area contributed by atoms with Crippen LogP contribution in [-0.2, 0) is 4.74 Å². The number of nitrogens with zero attached hydrogens (tertiary/aromatic N) is 4. The molecule has 10 nitrogen and oxygen atoms in total. The summed E-state index contributed by atoms with van der Waals surface area (Å²) < 4.78 is 6.41. The maximum Gasteiger partial charge on any atom is 0.330 e. The Kier molecular flexibility index (Phi) is 3.64. The van der Waals surface area contributed by atoms with Crippen LogP contribution in [0.1, 0.15) is 18.2 Å². The second-order valence-electron chi connectivity index (χ2n) is 4.50. The highest BCUT2D eigenvalue weighted by molar-refractivity contribution is 5.03. The van der Waals surface area contributed by atoms with Crippen molar-refractivity contribution in [2.75, 3.05) is 6.61 Å². The van der Waals surface area contributed by atoms with E-state index in [-0.39, 0.29) is 12.0 Å². The Morgan fingerprint density at radius 3 is 3.00 bits per heavy atom. The van der Waals surface area contributed by atoms with E-state index in [0.29, 0.717) is 0 Å². The highest BCUT2D eigenvalue weighted by Crippen LogP contribution is 2.37. The number of nitrogens with one attached hydrogen (secondary N) is 1. The molecule has 1 saturated heterocycles. The molecule has 108 valence electrons. The van der Waals surface area contributed by atoms with E-state index in [4.69, 9.17) is 10.3 Å². The number of hydrogen-bond acceptors (Lipinski definition) is 6. The third-order valence-corrected chi connectivity index (χ3v) is 3.18. The van der Waals surface area contributed by atoms with Crippen molar-refractivity contribution in [1.82, 2.24) is 9.55 Å². The fourth-order valence-electron chi connectivity index (χ4n) is 2.05. The van der Waals surface area contributed by atoms with Crippen LogP contribution in [0, 0.1) is 6.92 Å². The minimum absolute atomic E-state index is 0.0645. The third kappa shape index (κ3) is 2.21. The second-order valence-corrected chi connectivity index (χ2v) is 4.50. The van der Waals surface area contributed by atoms with E-state index in [1.807, 2.05) is 0 Å². The van der Waals surface area contributed by atoms with Crippen LogP contribution in [0.4, 0.5) is 0 Å². The Balaban J connectivity index is 2.43. The molecule has 1 aliphatic rings. The quantitative estimate of drug-likeness (QED) is 0.373. The molecule has 2 heterocycles. The van der Waals surface area contributed by atoms with Crippen LogP contribution in [0.2, 0.25) is 0 Å². The first-order valence-electron chi connectivity index (χ1n) is 5.78. The number of aromatic nitrogens is 2. The number of H-pyrrole nitrogens is 1. The number of ether oxygens (including phenoxy) is 1. The first kappa shape index (κ1) is 14.3. The van der Waals surface area contributed by atoms with E-state index in [1.165, 1.54) is 13.1 Å². The lowest BCUT2D eigenvalue weighted by Crippen LogP contribution is -2.41. The Bertz CT molecular complexity index is 675. The lowest BCUT2D eigenvalue weighted by molar-refractivity contribution is -0.124. The molecule has 1 aliphatic heterocycles. The predicted molar refractivity (Wildman–Crippen MR) is 65.8 cm³/mol. The van der Waals surface area contributed by atoms with Crippen LogP contribution >= 0.6 is 0 Å². The van der Waals surface area contributed by atoms with Crippen molar-refractivity contribution >= 4 is 0 Å². The summed E-state index contributed by atoms with van der Waals surface area (Å²) in [5.41, 5.74) is 5.69. The SMILES string of the molecule is Cc1cn(C2CC(O)C(CO)(N=[N+]=[N-])O2)c(=O)[nH]c1=O. The molecule has 3 atom stereocenters. The van der Waals surface area contributed by atoms with Crippen LogP contribution in [0.15, 0.2) is 20.9 Å². The maximum absolute atomic E-state index is 11.7. The van der Waals surface area contributed by atoms with Gasteiger partial charge in [0.2, 0.25) is 0 Å². The molecule has 0 amide bonds. The predicted octanol–water partition coefficient (Wildman–Crippen LogP) is -0.876. The highest BCUT2D eigenvalue weighted by atomic mass is 16.6. The van der Waals surface area contributed by atoms with E-state index in [2.05, 4.69) is 15.0 Å². The lowest BCUT2D eigenvalue weighted by Gasteiger charge is -2.24. The number of aliphatic hydroxyl groups excluding tert-OH is 2. The van der Waals surface area contributed by atoms with Gasteiger partial charge in [0.15, 0.2) is 5.72 Å². The number of aryl methyl sites for hydroxylation is 1. The molecule has 3 unspecified atom stereocenters. The molecule has 2 rings (SSSR count). The number of aromatic amines is 1. The first-order valence-corrected chi connectivity index (χ1v) is 5.78. The molecule has 0 aromatic carbocycles. The zero-order chi connectivity index (χ0) is 14.9. The van der Waals surface area contributed by atoms with Gasteiger partial charge in [0.1, 0.15) is 6.23 Å². The van der Waals surface area contributed by atoms with Crippen molar-refractivity contribution in [3.8, 4) is 0 Å². The second kappa shape index (κ2) is 5.10. The maximum atomic E-state index is 11.7. The Morgan fingerprint density at radius 1 is 1.70 bits per heavy atom. The van der Waals surface area contributed by atoms with Crippen molar-refractivity contribution < 1.29 is 14.9 Å². The van der Waals surface area contributed by atoms with Crippen LogP contribution in [0.3, 0.4) is 0 Å². The zero-order valence-electron chi connectivity index (χ0n) is 10.6. The molecule has 20 heavy (non-hydrogen) atoms. The van der Waals surface area contributed by atoms with Gasteiger partial charge in [-0.15, -0.1) is 0 Å². The van der Waals surface area contributed by atoms with Gasteiger partial charge in [-0.1, -0.05) is 5.11 Å². The zero-order valence-corrected chi connectivity index (χ0v) is 10.6. The number of rotatable bonds is 3. The van der Waals surface area contributed by atoms with Crippen molar-refractivity contribution in [3.63, 3.8) is 0 Å². The molecular formula is C10H13N5O5. The minimum Gasteiger partial charge on any atom is -0.393 e. The average molecular weight is 283 g/mol. The fraction of sp³-hybridized carbons (Fsp3) is 0.600. The molecule has 0 saturated carbocycles. The highest BCUT2D eigenvalue weighted by Gasteiger charge is 2.48. The Morgan fingerprint density at radius 2 is 2.40 bits per heavy atom. The lowest BCUT2D eigenvalue weighted by atomic mass is 10.1. The largest absolute Gasteiger partial charge is 0.393 e. The van der Waals surface area contributed by atoms with E-state index < -0.39 is 35.9 Å². The fourth-order valence-corrected chi connectivity index (χ4v) is 2.05. The topological polar surface area (TPSA) is 153 Å². The van der Waals surface area contributed by atoms with E-state index in [9.17, 15) is 19.8 Å². The van der Waals surface area contributed by atoms with Crippen LogP contribution in [0.5, 0.6) is 0 Å². The van der Waals surface area contributed by atoms with Gasteiger partial charge in [0.25, 0.3) is 5.56 Å². The van der Waals surface area contributed by atoms with Gasteiger partial charge in [-0.2, -0.15) is 0 Å². The molecule has 1 aromatic heterocycles. The van der Waals surface area contributed by atoms with Crippen molar-refractivity contribution in [2.45, 2.75) is 31.4 Å². The van der Waals surface area contributed by atoms with Crippen LogP contribution < -0.4 is 11.2 Å². The van der Waals surface area contributed by atoms with Crippen LogP contribution in [-0.4, -0.2) is 38.2 Å². The summed E-state index contributed by atoms with van der Waals surface area (Å²) >= 11 is 0. The normalized spacial score (nSPS) is 29.1. The summed E-state index contributed by atoms with van der Waals surface area (Å²) in [5, 5.41) is 22.4. The molecule has 0 radical (unpaired) electrons. The minimum atomic E-state index is -1.83. The molecule has 1 aromatic rings. The van der Waals surface area contributed by atoms with E-state index >= 15 is 0 Å². The van der Waals surface area contributed by atoms with Gasteiger partial charge >= 0.3 is 5.69 Å². The van der Waals surface area contributed by atoms with Gasteiger partial charge < -0.3 is 14.9 Å². The Hall–Kier alpha value is -2.13. The van der Waals surface area contributed by atoms with Crippen molar-refractivity contribution in [3.05, 3.63) is 43.0 Å². The standard InChI is InChI=1S/C10H13N5O5/c1-5-3-15(9(19)12-8(5)18)7-2-6(17)10(4-16,20-7)13-14-11/h3,6-7,16-17H,2,4H2,1H3,(H,12,18,19). The van der Waals surface area contributed by atoms with Gasteiger partial charge in [0.05, 0.1) is 12.7 Å². The molecule has 0 bridgehead atoms. The number of azide groups is 1. The van der Waals surface area contributed by atoms with Crippen LogP contribution in [0.25, 0.3) is 10.4 Å².